The zero-order chi connectivity index (χ0) is 35.2. The van der Waals surface area contributed by atoms with Gasteiger partial charge in [-0.3, -0.25) is 4.79 Å². The zero-order valence-electron chi connectivity index (χ0n) is 25.3. The van der Waals surface area contributed by atoms with E-state index in [4.69, 9.17) is 4.74 Å². The molecule has 20 heteroatoms. The molecule has 6 rings (SSSR count). The number of hydrogen-bond donors (Lipinski definition) is 1. The number of carbonyl (C=O) groups is 1. The number of sulfonamides is 1. The number of anilines is 1. The summed E-state index contributed by atoms with van der Waals surface area (Å²) in [6.07, 6.45) is -6.71. The van der Waals surface area contributed by atoms with E-state index in [2.05, 4.69) is 29.7 Å². The standard InChI is InChI=1S/C29H26F6N6O6S2/c1-45-27(10-11-27)25-37-15-22-23(38-25)39-26(48-22)40-12-13-41(49(43,44)20-8-6-19(7-9-20)47-29(33,34)35)21(16-40)24(42)36-14-17-2-4-18(5-3-17)46-28(30,31)32/h2-9,15,21H,10-14,16H2,1H3,(H,36,42)/t21-/m1/s1. The van der Waals surface area contributed by atoms with Crippen LogP contribution in [-0.2, 0) is 31.7 Å². The maximum Gasteiger partial charge on any atom is 0.573 e. The average molecular weight is 733 g/mol. The molecule has 0 radical (unpaired) electrons. The van der Waals surface area contributed by atoms with Crippen LogP contribution >= 0.6 is 11.3 Å². The summed E-state index contributed by atoms with van der Waals surface area (Å²) in [5, 5.41) is 3.08. The maximum absolute atomic E-state index is 13.8. The van der Waals surface area contributed by atoms with Crippen molar-refractivity contribution < 1.29 is 53.8 Å². The second-order valence-electron chi connectivity index (χ2n) is 11.1. The molecule has 2 aromatic heterocycles. The Balaban J connectivity index is 1.24. The van der Waals surface area contributed by atoms with E-state index in [1.165, 1.54) is 23.5 Å². The van der Waals surface area contributed by atoms with E-state index >= 15 is 0 Å². The first kappa shape index (κ1) is 34.6. The fraction of sp³-hybridized carbons (Fsp3) is 0.379. The van der Waals surface area contributed by atoms with Crippen molar-refractivity contribution in [2.24, 2.45) is 0 Å². The summed E-state index contributed by atoms with van der Waals surface area (Å²) in [5.74, 6) is -1.33. The van der Waals surface area contributed by atoms with Crippen molar-refractivity contribution in [1.82, 2.24) is 24.6 Å². The number of thiazole rings is 1. The number of nitrogens with one attached hydrogen (secondary N) is 1. The minimum Gasteiger partial charge on any atom is -0.406 e. The molecule has 1 amide bonds. The van der Waals surface area contributed by atoms with Gasteiger partial charge in [0.15, 0.2) is 16.6 Å². The summed E-state index contributed by atoms with van der Waals surface area (Å²) >= 11 is 1.24. The Bertz CT molecular complexity index is 1940. The van der Waals surface area contributed by atoms with Crippen LogP contribution < -0.4 is 19.7 Å². The summed E-state index contributed by atoms with van der Waals surface area (Å²) in [6.45, 7) is -0.439. The van der Waals surface area contributed by atoms with Crippen LogP contribution in [-0.4, -0.2) is 79.1 Å². The Morgan fingerprint density at radius 1 is 0.959 bits per heavy atom. The molecule has 49 heavy (non-hydrogen) atoms. The second kappa shape index (κ2) is 12.9. The Labute approximate surface area is 278 Å². The van der Waals surface area contributed by atoms with E-state index in [1.807, 2.05) is 0 Å². The van der Waals surface area contributed by atoms with Crippen LogP contribution in [0.5, 0.6) is 11.5 Å². The number of nitrogens with zero attached hydrogens (tertiary/aromatic N) is 5. The Hall–Kier alpha value is -4.27. The quantitative estimate of drug-likeness (QED) is 0.228. The van der Waals surface area contributed by atoms with E-state index in [0.717, 1.165) is 53.5 Å². The molecule has 0 unspecified atom stereocenters. The van der Waals surface area contributed by atoms with E-state index in [-0.39, 0.29) is 31.1 Å². The first-order chi connectivity index (χ1) is 23.0. The van der Waals surface area contributed by atoms with Gasteiger partial charge in [-0.05, 0) is 54.8 Å². The highest BCUT2D eigenvalue weighted by Crippen LogP contribution is 2.47. The van der Waals surface area contributed by atoms with Gasteiger partial charge in [-0.1, -0.05) is 23.5 Å². The molecular formula is C29H26F6N6O6S2. The summed E-state index contributed by atoms with van der Waals surface area (Å²) in [4.78, 5) is 28.6. The highest BCUT2D eigenvalue weighted by Gasteiger charge is 2.48. The van der Waals surface area contributed by atoms with Crippen molar-refractivity contribution in [3.8, 4) is 11.5 Å². The first-order valence-electron chi connectivity index (χ1n) is 14.5. The fourth-order valence-electron chi connectivity index (χ4n) is 5.22. The van der Waals surface area contributed by atoms with E-state index in [1.54, 1.807) is 18.2 Å². The van der Waals surface area contributed by atoms with Crippen LogP contribution in [0.25, 0.3) is 10.3 Å². The third-order valence-electron chi connectivity index (χ3n) is 7.83. The number of ether oxygens (including phenoxy) is 3. The SMILES string of the molecule is COC1(c2ncc3sc(N4CCN(S(=O)(=O)c5ccc(OC(F)(F)F)cc5)[C@@H](C(=O)NCc5ccc(OC(F)(F)F)cc5)C4)nc3n2)CC1. The molecule has 1 aliphatic heterocycles. The Morgan fingerprint density at radius 3 is 2.14 bits per heavy atom. The molecule has 1 saturated carbocycles. The van der Waals surface area contributed by atoms with Crippen molar-refractivity contribution in [2.75, 3.05) is 31.6 Å². The number of halogens is 6. The predicted octanol–water partition coefficient (Wildman–Crippen LogP) is 4.71. The first-order valence-corrected chi connectivity index (χ1v) is 16.8. The van der Waals surface area contributed by atoms with Crippen molar-refractivity contribution >= 4 is 42.7 Å². The van der Waals surface area contributed by atoms with Gasteiger partial charge in [0.25, 0.3) is 0 Å². The van der Waals surface area contributed by atoms with Crippen LogP contribution in [0.15, 0.2) is 59.6 Å². The number of hydrogen-bond acceptors (Lipinski definition) is 11. The smallest absolute Gasteiger partial charge is 0.406 e. The summed E-state index contributed by atoms with van der Waals surface area (Å²) in [6, 6.07) is 6.98. The zero-order valence-corrected chi connectivity index (χ0v) is 26.9. The number of piperazine rings is 1. The predicted molar refractivity (Wildman–Crippen MR) is 161 cm³/mol. The molecule has 12 nitrogen and oxygen atoms in total. The molecular weight excluding hydrogens is 706 g/mol. The summed E-state index contributed by atoms with van der Waals surface area (Å²) in [5.41, 5.74) is 0.253. The van der Waals surface area contributed by atoms with E-state index in [0.29, 0.717) is 26.9 Å². The average Bonchev–Trinajstić information content (AvgIpc) is 3.73. The molecule has 1 aliphatic carbocycles. The number of aromatic nitrogens is 3. The summed E-state index contributed by atoms with van der Waals surface area (Å²) < 4.78 is 118. The van der Waals surface area contributed by atoms with Gasteiger partial charge in [-0.15, -0.1) is 26.3 Å². The van der Waals surface area contributed by atoms with Gasteiger partial charge in [-0.25, -0.2) is 18.4 Å². The van der Waals surface area contributed by atoms with Crippen molar-refractivity contribution in [3.63, 3.8) is 0 Å². The lowest BCUT2D eigenvalue weighted by Gasteiger charge is -2.39. The number of carbonyl (C=O) groups excluding carboxylic acids is 1. The number of amides is 1. The molecule has 1 N–H and O–H groups in total. The maximum atomic E-state index is 13.8. The Kier molecular flexibility index (Phi) is 9.09. The van der Waals surface area contributed by atoms with Crippen molar-refractivity contribution in [2.45, 2.75) is 48.6 Å². The molecule has 3 heterocycles. The van der Waals surface area contributed by atoms with Crippen LogP contribution in [0.3, 0.4) is 0 Å². The molecule has 2 aromatic carbocycles. The third-order valence-corrected chi connectivity index (χ3v) is 10.8. The van der Waals surface area contributed by atoms with Gasteiger partial charge in [0, 0.05) is 33.3 Å². The number of fused-ring (bicyclic) bond motifs is 1. The molecule has 2 fully saturated rings. The molecule has 2 aliphatic rings. The monoisotopic (exact) mass is 732 g/mol. The molecule has 1 atom stereocenters. The van der Waals surface area contributed by atoms with Crippen LogP contribution in [0.4, 0.5) is 31.5 Å². The highest BCUT2D eigenvalue weighted by atomic mass is 32.2. The van der Waals surface area contributed by atoms with Crippen molar-refractivity contribution in [1.29, 1.82) is 0 Å². The van der Waals surface area contributed by atoms with Gasteiger partial charge in [0.1, 0.15) is 23.1 Å². The van der Waals surface area contributed by atoms with Gasteiger partial charge in [0.2, 0.25) is 15.9 Å². The number of alkyl halides is 6. The largest absolute Gasteiger partial charge is 0.573 e. The lowest BCUT2D eigenvalue weighted by Crippen LogP contribution is -2.60. The second-order valence-corrected chi connectivity index (χ2v) is 14.0. The normalized spacial score (nSPS) is 18.3. The fourth-order valence-corrected chi connectivity index (χ4v) is 7.70. The lowest BCUT2D eigenvalue weighted by atomic mass is 10.1. The lowest BCUT2D eigenvalue weighted by molar-refractivity contribution is -0.275. The molecule has 4 aromatic rings. The van der Waals surface area contributed by atoms with Crippen LogP contribution in [0, 0.1) is 0 Å². The van der Waals surface area contributed by atoms with Gasteiger partial charge >= 0.3 is 12.7 Å². The number of methoxy groups -OCH3 is 1. The van der Waals surface area contributed by atoms with Gasteiger partial charge in [0.05, 0.1) is 15.8 Å². The van der Waals surface area contributed by atoms with E-state index in [9.17, 15) is 39.6 Å². The van der Waals surface area contributed by atoms with Crippen molar-refractivity contribution in [3.05, 3.63) is 66.1 Å². The topological polar surface area (TPSA) is 136 Å². The molecule has 262 valence electrons. The van der Waals surface area contributed by atoms with E-state index < -0.39 is 51.8 Å². The molecule has 1 saturated heterocycles. The minimum absolute atomic E-state index is 0.0983. The third kappa shape index (κ3) is 7.81. The molecule has 0 spiro atoms. The van der Waals surface area contributed by atoms with Gasteiger partial charge < -0.3 is 24.4 Å². The Morgan fingerprint density at radius 2 is 1.57 bits per heavy atom. The molecule has 0 bridgehead atoms. The number of rotatable bonds is 10. The van der Waals surface area contributed by atoms with Crippen LogP contribution in [0.2, 0.25) is 0 Å². The number of benzene rings is 2. The van der Waals surface area contributed by atoms with Gasteiger partial charge in [-0.2, -0.15) is 9.29 Å². The summed E-state index contributed by atoms with van der Waals surface area (Å²) in [7, 11) is -2.86. The minimum atomic E-state index is -4.98. The van der Waals surface area contributed by atoms with Crippen LogP contribution in [0.1, 0.15) is 24.2 Å². The highest BCUT2D eigenvalue weighted by molar-refractivity contribution is 7.89.